The number of anilines is 1. The third-order valence-corrected chi connectivity index (χ3v) is 10.7. The highest BCUT2D eigenvalue weighted by atomic mass is 35.5. The summed E-state index contributed by atoms with van der Waals surface area (Å²) in [5.74, 6) is 0.568. The fraction of sp³-hybridized carbons (Fsp3) is 0.471. The number of amides is 1. The quantitative estimate of drug-likeness (QED) is 0.169. The van der Waals surface area contributed by atoms with Crippen molar-refractivity contribution in [2.45, 2.75) is 57.0 Å². The average Bonchev–Trinajstić information content (AvgIpc) is 2.97. The first-order valence-electron chi connectivity index (χ1n) is 15.1. The highest BCUT2D eigenvalue weighted by Crippen LogP contribution is 2.41. The third-order valence-electron chi connectivity index (χ3n) is 8.90. The number of halogens is 1. The van der Waals surface area contributed by atoms with Crippen LogP contribution in [0.4, 0.5) is 5.69 Å². The molecular formula is C34H44ClN3O5S. The Kier molecular flexibility index (Phi) is 11.5. The molecule has 0 saturated heterocycles. The maximum atomic E-state index is 13.2. The topological polar surface area (TPSA) is 120 Å². The fourth-order valence-electron chi connectivity index (χ4n) is 6.38. The lowest BCUT2D eigenvalue weighted by Crippen LogP contribution is -2.40. The van der Waals surface area contributed by atoms with Gasteiger partial charge in [-0.05, 0) is 97.7 Å². The number of nitrogens with zero attached hydrogens (tertiary/aromatic N) is 1. The van der Waals surface area contributed by atoms with Gasteiger partial charge in [0.25, 0.3) is 5.91 Å². The van der Waals surface area contributed by atoms with E-state index in [0.29, 0.717) is 47.7 Å². The Morgan fingerprint density at radius 2 is 2.07 bits per heavy atom. The van der Waals surface area contributed by atoms with Crippen molar-refractivity contribution in [2.75, 3.05) is 31.3 Å². The number of carbonyl (C=O) groups is 2. The highest BCUT2D eigenvalue weighted by molar-refractivity contribution is 7.91. The number of fused-ring (bicyclic) bond motifs is 1. The van der Waals surface area contributed by atoms with Gasteiger partial charge in [-0.2, -0.15) is 0 Å². The minimum Gasteiger partial charge on any atom is -0.490 e. The summed E-state index contributed by atoms with van der Waals surface area (Å²) in [4.78, 5) is 25.8. The molecule has 2 aliphatic rings. The van der Waals surface area contributed by atoms with Gasteiger partial charge in [0.2, 0.25) is 0 Å². The van der Waals surface area contributed by atoms with Crippen molar-refractivity contribution in [3.05, 3.63) is 83.4 Å². The molecule has 0 radical (unpaired) electrons. The number of nitrogens with two attached hydrogens (primary N) is 1. The molecule has 3 N–H and O–H groups in total. The van der Waals surface area contributed by atoms with Crippen LogP contribution in [0.5, 0.6) is 5.75 Å². The van der Waals surface area contributed by atoms with Crippen molar-refractivity contribution in [1.82, 2.24) is 0 Å². The number of carbonyl (C=O) groups excluding carboxylic acids is 2. The zero-order valence-electron chi connectivity index (χ0n) is 25.6. The van der Waals surface area contributed by atoms with E-state index < -0.39 is 21.2 Å². The predicted molar refractivity (Wildman–Crippen MR) is 178 cm³/mol. The van der Waals surface area contributed by atoms with Crippen LogP contribution in [-0.2, 0) is 31.3 Å². The van der Waals surface area contributed by atoms with Crippen molar-refractivity contribution in [3.63, 3.8) is 0 Å². The van der Waals surface area contributed by atoms with Gasteiger partial charge in [-0.15, -0.1) is 17.5 Å². The summed E-state index contributed by atoms with van der Waals surface area (Å²) < 4.78 is 28.8. The SMILES string of the molecule is C=CC[C@H](C)C[S@](N)(=O)=NC(=O)c1ccc(OC[C@@]2(C=O)CCCc3cc(Cl)ccc32)c(NC[C@@H]2CC[C@H]2[C@H](C=C)OC)c1. The van der Waals surface area contributed by atoms with Crippen molar-refractivity contribution >= 4 is 39.4 Å². The number of benzene rings is 2. The Bertz CT molecular complexity index is 1500. The van der Waals surface area contributed by atoms with E-state index in [-0.39, 0.29) is 29.9 Å². The number of methoxy groups -OCH3 is 1. The molecule has 4 rings (SSSR count). The first-order valence-corrected chi connectivity index (χ1v) is 17.3. The molecule has 2 aromatic rings. The number of hydrogen-bond acceptors (Lipinski definition) is 6. The summed E-state index contributed by atoms with van der Waals surface area (Å²) in [7, 11) is -1.54. The molecule has 0 spiro atoms. The Morgan fingerprint density at radius 3 is 2.73 bits per heavy atom. The summed E-state index contributed by atoms with van der Waals surface area (Å²) in [5.41, 5.74) is 1.99. The van der Waals surface area contributed by atoms with E-state index >= 15 is 0 Å². The molecule has 2 aromatic carbocycles. The van der Waals surface area contributed by atoms with Crippen LogP contribution in [0.25, 0.3) is 0 Å². The van der Waals surface area contributed by atoms with Crippen molar-refractivity contribution in [3.8, 4) is 5.75 Å². The van der Waals surface area contributed by atoms with Crippen LogP contribution in [-0.4, -0.2) is 48.5 Å². The summed E-state index contributed by atoms with van der Waals surface area (Å²) in [5, 5.41) is 10.1. The fourth-order valence-corrected chi connectivity index (χ4v) is 7.99. The lowest BCUT2D eigenvalue weighted by molar-refractivity contribution is -0.114. The van der Waals surface area contributed by atoms with Gasteiger partial charge < -0.3 is 19.6 Å². The lowest BCUT2D eigenvalue weighted by atomic mass is 9.70. The van der Waals surface area contributed by atoms with Gasteiger partial charge in [0.15, 0.2) is 0 Å². The van der Waals surface area contributed by atoms with Gasteiger partial charge in [-0.1, -0.05) is 36.7 Å². The first kappa shape index (κ1) is 33.9. The Morgan fingerprint density at radius 1 is 1.27 bits per heavy atom. The van der Waals surface area contributed by atoms with Crippen LogP contribution in [0.3, 0.4) is 0 Å². The summed E-state index contributed by atoms with van der Waals surface area (Å²) in [6.45, 7) is 10.3. The second-order valence-corrected chi connectivity index (χ2v) is 14.5. The molecule has 0 aliphatic heterocycles. The minimum atomic E-state index is -3.23. The molecule has 1 saturated carbocycles. The van der Waals surface area contributed by atoms with E-state index in [1.807, 2.05) is 25.1 Å². The van der Waals surface area contributed by atoms with Crippen LogP contribution in [0.1, 0.15) is 60.5 Å². The van der Waals surface area contributed by atoms with E-state index in [0.717, 1.165) is 43.1 Å². The van der Waals surface area contributed by atoms with E-state index in [2.05, 4.69) is 22.8 Å². The number of rotatable bonds is 15. The lowest BCUT2D eigenvalue weighted by Gasteiger charge is -2.40. The molecule has 0 unspecified atom stereocenters. The van der Waals surface area contributed by atoms with Crippen molar-refractivity contribution in [2.24, 2.45) is 27.3 Å². The molecule has 44 heavy (non-hydrogen) atoms. The van der Waals surface area contributed by atoms with Gasteiger partial charge in [-0.3, -0.25) is 4.79 Å². The number of aryl methyl sites for hydroxylation is 1. The van der Waals surface area contributed by atoms with E-state index in [9.17, 15) is 13.8 Å². The van der Waals surface area contributed by atoms with E-state index in [4.69, 9.17) is 26.2 Å². The van der Waals surface area contributed by atoms with E-state index in [1.165, 1.54) is 0 Å². The summed E-state index contributed by atoms with van der Waals surface area (Å²) in [6, 6.07) is 10.6. The Hall–Kier alpha value is -2.98. The molecule has 0 aromatic heterocycles. The zero-order chi connectivity index (χ0) is 31.9. The van der Waals surface area contributed by atoms with Gasteiger partial charge in [0.1, 0.15) is 28.6 Å². The van der Waals surface area contributed by atoms with Crippen LogP contribution in [0, 0.1) is 17.8 Å². The molecule has 1 amide bonds. The van der Waals surface area contributed by atoms with Gasteiger partial charge in [-0.25, -0.2) is 9.35 Å². The van der Waals surface area contributed by atoms with Crippen LogP contribution in [0.15, 0.2) is 66.1 Å². The largest absolute Gasteiger partial charge is 0.490 e. The van der Waals surface area contributed by atoms with Gasteiger partial charge in [0.05, 0.1) is 17.2 Å². The number of nitrogens with one attached hydrogen (secondary N) is 1. The second kappa shape index (κ2) is 14.9. The minimum absolute atomic E-state index is 0.0254. The second-order valence-electron chi connectivity index (χ2n) is 12.1. The zero-order valence-corrected chi connectivity index (χ0v) is 27.2. The molecule has 6 atom stereocenters. The molecule has 0 bridgehead atoms. The Balaban J connectivity index is 1.61. The molecule has 8 nitrogen and oxygen atoms in total. The van der Waals surface area contributed by atoms with Crippen molar-refractivity contribution in [1.29, 1.82) is 0 Å². The molecule has 0 heterocycles. The molecule has 10 heteroatoms. The van der Waals surface area contributed by atoms with Crippen LogP contribution < -0.4 is 15.2 Å². The molecule has 1 fully saturated rings. The normalized spacial score (nSPS) is 23.5. The number of hydrogen-bond donors (Lipinski definition) is 2. The summed E-state index contributed by atoms with van der Waals surface area (Å²) >= 11 is 6.24. The number of ether oxygens (including phenoxy) is 2. The van der Waals surface area contributed by atoms with Gasteiger partial charge >= 0.3 is 0 Å². The standard InChI is InChI=1S/C34H44ClN3O5S/c1-5-8-23(3)20-44(36,41)38-33(40)25-11-15-32(30(18-25)37-19-26-10-13-28(26)31(6-2)42-4)43-22-34(21-39)16-7-9-24-17-27(35)12-14-29(24)34/h5-6,11-12,14-15,17-18,21,23,26,28,31,37H,1-2,7-10,13,16,19-20,22H2,3-4H3,(H2,36,38,40,41)/t23-,26-,28+,31-,34-,44+/m0/s1. The monoisotopic (exact) mass is 641 g/mol. The maximum Gasteiger partial charge on any atom is 0.286 e. The van der Waals surface area contributed by atoms with Crippen LogP contribution >= 0.6 is 11.6 Å². The summed E-state index contributed by atoms with van der Waals surface area (Å²) in [6.07, 6.45) is 9.54. The predicted octanol–water partition coefficient (Wildman–Crippen LogP) is 6.53. The highest BCUT2D eigenvalue weighted by Gasteiger charge is 2.38. The van der Waals surface area contributed by atoms with E-state index in [1.54, 1.807) is 37.5 Å². The van der Waals surface area contributed by atoms with Crippen LogP contribution in [0.2, 0.25) is 5.02 Å². The number of aldehydes is 1. The Labute approximate surface area is 266 Å². The average molecular weight is 642 g/mol. The van der Waals surface area contributed by atoms with Gasteiger partial charge in [0, 0.05) is 30.0 Å². The number of allylic oxidation sites excluding steroid dienone is 1. The first-order chi connectivity index (χ1) is 21.0. The third kappa shape index (κ3) is 7.99. The molecule has 238 valence electrons. The molecule has 2 aliphatic carbocycles. The smallest absolute Gasteiger partial charge is 0.286 e. The van der Waals surface area contributed by atoms with Crippen molar-refractivity contribution < 1.29 is 23.3 Å². The maximum absolute atomic E-state index is 13.2. The molecular weight excluding hydrogens is 598 g/mol.